The van der Waals surface area contributed by atoms with Crippen LogP contribution in [-0.2, 0) is 9.53 Å². The first-order chi connectivity index (χ1) is 14.3. The van der Waals surface area contributed by atoms with Gasteiger partial charge in [-0.05, 0) is 111 Å². The van der Waals surface area contributed by atoms with Crippen LogP contribution in [0, 0.1) is 46.3 Å². The summed E-state index contributed by atoms with van der Waals surface area (Å²) in [6.07, 6.45) is 15.0. The van der Waals surface area contributed by atoms with E-state index < -0.39 is 0 Å². The molecule has 0 heterocycles. The average Bonchev–Trinajstić information content (AvgIpc) is 3.06. The summed E-state index contributed by atoms with van der Waals surface area (Å²) >= 11 is 0. The number of hydrogen-bond donors (Lipinski definition) is 1. The van der Waals surface area contributed by atoms with Crippen molar-refractivity contribution in [2.75, 3.05) is 13.6 Å². The number of ether oxygens (including phenoxy) is 1. The lowest BCUT2D eigenvalue weighted by Gasteiger charge is -2.61. The number of likely N-dealkylation sites (N-methyl/N-ethyl adjacent to an activating group) is 1. The lowest BCUT2D eigenvalue weighted by Crippen LogP contribution is -2.54. The van der Waals surface area contributed by atoms with Gasteiger partial charge in [-0.1, -0.05) is 40.5 Å². The van der Waals surface area contributed by atoms with Crippen molar-refractivity contribution in [1.29, 1.82) is 0 Å². The van der Waals surface area contributed by atoms with Crippen LogP contribution in [0.1, 0.15) is 98.3 Å². The number of esters is 1. The molecule has 4 aliphatic rings. The van der Waals surface area contributed by atoms with Crippen molar-refractivity contribution in [3.05, 3.63) is 0 Å². The van der Waals surface area contributed by atoms with Gasteiger partial charge in [0.2, 0.25) is 0 Å². The summed E-state index contributed by atoms with van der Waals surface area (Å²) in [7, 11) is 1.81. The molecule has 1 N–H and O–H groups in total. The van der Waals surface area contributed by atoms with Crippen LogP contribution in [0.15, 0.2) is 0 Å². The Morgan fingerprint density at radius 1 is 1.03 bits per heavy atom. The summed E-state index contributed by atoms with van der Waals surface area (Å²) in [6, 6.07) is 0. The van der Waals surface area contributed by atoms with Gasteiger partial charge < -0.3 is 10.1 Å². The minimum atomic E-state index is -0.0774. The predicted octanol–water partition coefficient (Wildman–Crippen LogP) is 6.21. The summed E-state index contributed by atoms with van der Waals surface area (Å²) in [6.45, 7) is 10.5. The predicted molar refractivity (Wildman–Crippen MR) is 123 cm³/mol. The molecule has 4 aliphatic carbocycles. The topological polar surface area (TPSA) is 38.3 Å². The fraction of sp³-hybridized carbons (Fsp3) is 0.963. The van der Waals surface area contributed by atoms with Crippen LogP contribution in [0.4, 0.5) is 0 Å². The van der Waals surface area contributed by atoms with Crippen LogP contribution in [0.5, 0.6) is 0 Å². The SMILES string of the molecule is CCC[C@@H](C)[C@H]1CCC2C3CCC4CC(OC(=O)CNC)CC[C@]4(C)C3CC[C@@]21C. The number of nitrogens with one attached hydrogen (secondary N) is 1. The molecule has 0 aliphatic heterocycles. The Hall–Kier alpha value is -0.570. The van der Waals surface area contributed by atoms with E-state index in [0.29, 0.717) is 17.4 Å². The average molecular weight is 418 g/mol. The second kappa shape index (κ2) is 8.75. The lowest BCUT2D eigenvalue weighted by atomic mass is 9.44. The van der Waals surface area contributed by atoms with Gasteiger partial charge in [0.25, 0.3) is 0 Å². The first kappa shape index (κ1) is 22.6. The Balaban J connectivity index is 1.45. The van der Waals surface area contributed by atoms with E-state index in [4.69, 9.17) is 4.74 Å². The van der Waals surface area contributed by atoms with Crippen molar-refractivity contribution in [3.8, 4) is 0 Å². The van der Waals surface area contributed by atoms with Crippen molar-refractivity contribution in [2.45, 2.75) is 104 Å². The molecular weight excluding hydrogens is 370 g/mol. The minimum absolute atomic E-state index is 0.0774. The quantitative estimate of drug-likeness (QED) is 0.522. The van der Waals surface area contributed by atoms with Gasteiger partial charge in [-0.15, -0.1) is 0 Å². The third-order valence-corrected chi connectivity index (χ3v) is 10.7. The second-order valence-corrected chi connectivity index (χ2v) is 12.1. The highest BCUT2D eigenvalue weighted by Crippen LogP contribution is 2.68. The summed E-state index contributed by atoms with van der Waals surface area (Å²) in [5.41, 5.74) is 1.07. The lowest BCUT2D eigenvalue weighted by molar-refractivity contribution is -0.161. The van der Waals surface area contributed by atoms with Crippen LogP contribution in [0.25, 0.3) is 0 Å². The Morgan fingerprint density at radius 2 is 1.77 bits per heavy atom. The standard InChI is InChI=1S/C27H47NO2/c1-6-7-18(2)22-10-11-23-21-9-8-19-16-20(30-25(29)17-28-5)12-14-26(19,3)24(21)13-15-27(22,23)4/h18-24,28H,6-17H2,1-5H3/t18-,19?,20?,21?,22-,23?,24?,26+,27-/m1/s1. The highest BCUT2D eigenvalue weighted by molar-refractivity contribution is 5.71. The molecule has 0 aromatic rings. The Bertz CT molecular complexity index is 620. The Kier molecular flexibility index (Phi) is 6.60. The van der Waals surface area contributed by atoms with Gasteiger partial charge in [0.05, 0.1) is 6.54 Å². The summed E-state index contributed by atoms with van der Waals surface area (Å²) in [5.74, 6) is 5.35. The van der Waals surface area contributed by atoms with Crippen LogP contribution < -0.4 is 5.32 Å². The van der Waals surface area contributed by atoms with Crippen LogP contribution >= 0.6 is 0 Å². The van der Waals surface area contributed by atoms with Crippen LogP contribution in [0.3, 0.4) is 0 Å². The van der Waals surface area contributed by atoms with Gasteiger partial charge in [0.1, 0.15) is 6.10 Å². The maximum atomic E-state index is 12.0. The second-order valence-electron chi connectivity index (χ2n) is 12.1. The van der Waals surface area contributed by atoms with Gasteiger partial charge in [0, 0.05) is 0 Å². The zero-order valence-electron chi connectivity index (χ0n) is 20.3. The zero-order valence-corrected chi connectivity index (χ0v) is 20.3. The molecule has 3 nitrogen and oxygen atoms in total. The van der Waals surface area contributed by atoms with E-state index >= 15 is 0 Å². The van der Waals surface area contributed by atoms with E-state index in [9.17, 15) is 4.79 Å². The molecule has 0 bridgehead atoms. The monoisotopic (exact) mass is 417 g/mol. The van der Waals surface area contributed by atoms with Crippen LogP contribution in [-0.4, -0.2) is 25.7 Å². The molecule has 172 valence electrons. The first-order valence-corrected chi connectivity index (χ1v) is 13.2. The fourth-order valence-corrected chi connectivity index (χ4v) is 9.33. The summed E-state index contributed by atoms with van der Waals surface area (Å²) < 4.78 is 5.81. The zero-order chi connectivity index (χ0) is 21.5. The highest BCUT2D eigenvalue weighted by atomic mass is 16.5. The molecule has 0 amide bonds. The molecule has 3 heteroatoms. The van der Waals surface area contributed by atoms with Gasteiger partial charge in [0.15, 0.2) is 0 Å². The number of hydrogen-bond acceptors (Lipinski definition) is 3. The molecule has 0 spiro atoms. The third-order valence-electron chi connectivity index (χ3n) is 10.7. The number of carbonyl (C=O) groups is 1. The molecule has 0 radical (unpaired) electrons. The Morgan fingerprint density at radius 3 is 2.50 bits per heavy atom. The first-order valence-electron chi connectivity index (χ1n) is 13.2. The number of rotatable bonds is 6. The molecule has 4 rings (SSSR count). The van der Waals surface area contributed by atoms with E-state index in [1.165, 1.54) is 57.8 Å². The molecular formula is C27H47NO2. The molecule has 0 aromatic heterocycles. The van der Waals surface area contributed by atoms with E-state index in [1.807, 2.05) is 7.05 Å². The molecule has 0 saturated heterocycles. The molecule has 4 saturated carbocycles. The maximum absolute atomic E-state index is 12.0. The smallest absolute Gasteiger partial charge is 0.320 e. The molecule has 9 atom stereocenters. The van der Waals surface area contributed by atoms with Gasteiger partial charge in [-0.3, -0.25) is 4.79 Å². The van der Waals surface area contributed by atoms with E-state index in [2.05, 4.69) is 33.0 Å². The number of carbonyl (C=O) groups excluding carboxylic acids is 1. The van der Waals surface area contributed by atoms with Crippen molar-refractivity contribution in [1.82, 2.24) is 5.32 Å². The minimum Gasteiger partial charge on any atom is -0.461 e. The van der Waals surface area contributed by atoms with E-state index in [1.54, 1.807) is 0 Å². The highest BCUT2D eigenvalue weighted by Gasteiger charge is 2.60. The molecule has 30 heavy (non-hydrogen) atoms. The van der Waals surface area contributed by atoms with E-state index in [-0.39, 0.29) is 12.1 Å². The van der Waals surface area contributed by atoms with Gasteiger partial charge in [-0.2, -0.15) is 0 Å². The molecule has 4 fully saturated rings. The number of fused-ring (bicyclic) bond motifs is 5. The van der Waals surface area contributed by atoms with Crippen LogP contribution in [0.2, 0.25) is 0 Å². The van der Waals surface area contributed by atoms with Crippen molar-refractivity contribution < 1.29 is 9.53 Å². The van der Waals surface area contributed by atoms with Gasteiger partial charge >= 0.3 is 5.97 Å². The summed E-state index contributed by atoms with van der Waals surface area (Å²) in [4.78, 5) is 12.0. The van der Waals surface area contributed by atoms with Crippen molar-refractivity contribution >= 4 is 5.97 Å². The largest absolute Gasteiger partial charge is 0.461 e. The van der Waals surface area contributed by atoms with Crippen molar-refractivity contribution in [2.24, 2.45) is 46.3 Å². The molecule has 5 unspecified atom stereocenters. The molecule has 0 aromatic carbocycles. The van der Waals surface area contributed by atoms with Crippen molar-refractivity contribution in [3.63, 3.8) is 0 Å². The van der Waals surface area contributed by atoms with Gasteiger partial charge in [-0.25, -0.2) is 0 Å². The third kappa shape index (κ3) is 3.76. The normalized spacial score (nSPS) is 46.4. The maximum Gasteiger partial charge on any atom is 0.320 e. The fourth-order valence-electron chi connectivity index (χ4n) is 9.33. The van der Waals surface area contributed by atoms with E-state index in [0.717, 1.165) is 48.3 Å². The Labute approximate surface area is 185 Å². The summed E-state index contributed by atoms with van der Waals surface area (Å²) in [5, 5.41) is 2.93.